The summed E-state index contributed by atoms with van der Waals surface area (Å²) in [4.78, 5) is 0. The molecule has 0 spiro atoms. The lowest BCUT2D eigenvalue weighted by molar-refractivity contribution is 0.270. The highest BCUT2D eigenvalue weighted by Crippen LogP contribution is 2.52. The Morgan fingerprint density at radius 2 is 1.72 bits per heavy atom. The second kappa shape index (κ2) is 9.12. The van der Waals surface area contributed by atoms with Crippen molar-refractivity contribution in [1.82, 2.24) is 0 Å². The van der Waals surface area contributed by atoms with E-state index >= 15 is 0 Å². The van der Waals surface area contributed by atoms with Gasteiger partial charge in [0, 0.05) is 5.92 Å². The third-order valence-corrected chi connectivity index (χ3v) is 6.42. The Balaban J connectivity index is 1.36. The maximum absolute atomic E-state index is 6.19. The highest BCUT2D eigenvalue weighted by atomic mass is 16.5. The molecule has 0 saturated carbocycles. The van der Waals surface area contributed by atoms with Crippen LogP contribution < -0.4 is 14.8 Å². The summed E-state index contributed by atoms with van der Waals surface area (Å²) in [5.74, 6) is 3.29. The van der Waals surface area contributed by atoms with Gasteiger partial charge in [0.1, 0.15) is 18.1 Å². The van der Waals surface area contributed by atoms with E-state index in [1.54, 1.807) is 0 Å². The molecule has 32 heavy (non-hydrogen) atoms. The molecule has 0 fully saturated rings. The van der Waals surface area contributed by atoms with Crippen molar-refractivity contribution < 1.29 is 9.47 Å². The number of benzene rings is 3. The van der Waals surface area contributed by atoms with Gasteiger partial charge < -0.3 is 14.8 Å². The Morgan fingerprint density at radius 1 is 0.906 bits per heavy atom. The molecule has 3 atom stereocenters. The smallest absolute Gasteiger partial charge is 0.142 e. The number of para-hydroxylation sites is 1. The molecule has 1 heterocycles. The van der Waals surface area contributed by atoms with Crippen LogP contribution in [-0.4, -0.2) is 6.61 Å². The lowest BCUT2D eigenvalue weighted by Crippen LogP contribution is -2.29. The zero-order valence-electron chi connectivity index (χ0n) is 18.8. The largest absolute Gasteiger partial charge is 0.491 e. The number of nitrogens with one attached hydrogen (secondary N) is 1. The van der Waals surface area contributed by atoms with Crippen molar-refractivity contribution in [2.45, 2.75) is 38.8 Å². The first-order valence-corrected chi connectivity index (χ1v) is 11.6. The molecule has 3 aromatic rings. The van der Waals surface area contributed by atoms with E-state index in [1.165, 1.54) is 16.7 Å². The maximum Gasteiger partial charge on any atom is 0.142 e. The van der Waals surface area contributed by atoms with Crippen molar-refractivity contribution in [2.75, 3.05) is 11.9 Å². The van der Waals surface area contributed by atoms with Crippen LogP contribution in [0.25, 0.3) is 0 Å². The molecule has 0 amide bonds. The van der Waals surface area contributed by atoms with E-state index in [9.17, 15) is 0 Å². The number of hydrogen-bond acceptors (Lipinski definition) is 3. The number of allylic oxidation sites excluding steroid dienone is 2. The van der Waals surface area contributed by atoms with Crippen LogP contribution in [-0.2, 0) is 6.61 Å². The standard InChI is InChI=1S/C29H31NO2/c1-20(2)18-32-27-13-7-12-26-24-10-6-11-25(24)28(30-29(26)27)22-14-16-23(17-15-22)31-19-21-8-4-3-5-9-21/h3-10,12-17,20,24-25,28,30H,11,18-19H2,1-2H3. The van der Waals surface area contributed by atoms with Crippen molar-refractivity contribution in [3.63, 3.8) is 0 Å². The van der Waals surface area contributed by atoms with Crippen LogP contribution in [0.2, 0.25) is 0 Å². The van der Waals surface area contributed by atoms with Gasteiger partial charge in [-0.05, 0) is 53.1 Å². The molecular weight excluding hydrogens is 394 g/mol. The summed E-state index contributed by atoms with van der Waals surface area (Å²) in [5, 5.41) is 3.85. The van der Waals surface area contributed by atoms with Crippen LogP contribution in [0, 0.1) is 11.8 Å². The minimum Gasteiger partial charge on any atom is -0.491 e. The van der Waals surface area contributed by atoms with Crippen LogP contribution in [0.15, 0.2) is 84.9 Å². The maximum atomic E-state index is 6.19. The van der Waals surface area contributed by atoms with Gasteiger partial charge in [0.15, 0.2) is 0 Å². The normalized spacial score (nSPS) is 21.0. The van der Waals surface area contributed by atoms with Crippen LogP contribution in [0.1, 0.15) is 48.9 Å². The van der Waals surface area contributed by atoms with E-state index in [1.807, 2.05) is 18.2 Å². The summed E-state index contributed by atoms with van der Waals surface area (Å²) in [6, 6.07) is 25.6. The Morgan fingerprint density at radius 3 is 2.50 bits per heavy atom. The molecular formula is C29H31NO2. The first-order chi connectivity index (χ1) is 15.7. The SMILES string of the molecule is CC(C)COc1cccc2c1NC(c1ccc(OCc3ccccc3)cc1)C1CC=CC21. The van der Waals surface area contributed by atoms with Crippen molar-refractivity contribution in [3.8, 4) is 11.5 Å². The first kappa shape index (κ1) is 20.7. The van der Waals surface area contributed by atoms with E-state index in [-0.39, 0.29) is 6.04 Å². The molecule has 5 rings (SSSR count). The van der Waals surface area contributed by atoms with E-state index in [2.05, 4.69) is 85.9 Å². The molecule has 0 radical (unpaired) electrons. The fourth-order valence-corrected chi connectivity index (χ4v) is 4.81. The second-order valence-electron chi connectivity index (χ2n) is 9.24. The number of ether oxygens (including phenoxy) is 2. The van der Waals surface area contributed by atoms with Gasteiger partial charge in [0.25, 0.3) is 0 Å². The van der Waals surface area contributed by atoms with Crippen molar-refractivity contribution >= 4 is 5.69 Å². The van der Waals surface area contributed by atoms with E-state index in [0.29, 0.717) is 24.4 Å². The van der Waals surface area contributed by atoms with Gasteiger partial charge in [-0.2, -0.15) is 0 Å². The summed E-state index contributed by atoms with van der Waals surface area (Å²) in [5.41, 5.74) is 4.97. The number of hydrogen-bond donors (Lipinski definition) is 1. The van der Waals surface area contributed by atoms with E-state index in [4.69, 9.17) is 9.47 Å². The lowest BCUT2D eigenvalue weighted by Gasteiger charge is -2.38. The minimum absolute atomic E-state index is 0.245. The predicted octanol–water partition coefficient (Wildman–Crippen LogP) is 7.13. The zero-order chi connectivity index (χ0) is 21.9. The molecule has 3 unspecified atom stereocenters. The molecule has 1 aliphatic heterocycles. The average molecular weight is 426 g/mol. The number of rotatable bonds is 7. The molecule has 2 aliphatic rings. The summed E-state index contributed by atoms with van der Waals surface area (Å²) in [6.45, 7) is 5.67. The Bertz CT molecular complexity index is 1070. The van der Waals surface area contributed by atoms with Crippen LogP contribution in [0.4, 0.5) is 5.69 Å². The average Bonchev–Trinajstić information content (AvgIpc) is 3.32. The fourth-order valence-electron chi connectivity index (χ4n) is 4.81. The molecule has 0 saturated heterocycles. The van der Waals surface area contributed by atoms with Crippen molar-refractivity contribution in [3.05, 3.63) is 102 Å². The highest BCUT2D eigenvalue weighted by molar-refractivity contribution is 5.67. The summed E-state index contributed by atoms with van der Waals surface area (Å²) < 4.78 is 12.2. The highest BCUT2D eigenvalue weighted by Gasteiger charge is 2.39. The fraction of sp³-hybridized carbons (Fsp3) is 0.310. The van der Waals surface area contributed by atoms with Crippen LogP contribution >= 0.6 is 0 Å². The second-order valence-corrected chi connectivity index (χ2v) is 9.24. The summed E-state index contributed by atoms with van der Waals surface area (Å²) >= 11 is 0. The van der Waals surface area contributed by atoms with E-state index in [0.717, 1.165) is 30.2 Å². The van der Waals surface area contributed by atoms with Crippen LogP contribution in [0.3, 0.4) is 0 Å². The molecule has 3 aromatic carbocycles. The molecule has 1 aliphatic carbocycles. The minimum atomic E-state index is 0.245. The monoisotopic (exact) mass is 425 g/mol. The van der Waals surface area contributed by atoms with Gasteiger partial charge in [-0.25, -0.2) is 0 Å². The predicted molar refractivity (Wildman–Crippen MR) is 130 cm³/mol. The molecule has 0 bridgehead atoms. The van der Waals surface area contributed by atoms with Crippen LogP contribution in [0.5, 0.6) is 11.5 Å². The number of anilines is 1. The molecule has 0 aromatic heterocycles. The Hall–Kier alpha value is -3.20. The zero-order valence-corrected chi connectivity index (χ0v) is 18.8. The van der Waals surface area contributed by atoms with E-state index < -0.39 is 0 Å². The van der Waals surface area contributed by atoms with Gasteiger partial charge in [0.05, 0.1) is 18.3 Å². The van der Waals surface area contributed by atoms with Gasteiger partial charge in [0.2, 0.25) is 0 Å². The third kappa shape index (κ3) is 4.25. The Labute approximate surface area is 191 Å². The van der Waals surface area contributed by atoms with Gasteiger partial charge in [-0.1, -0.05) is 80.6 Å². The molecule has 3 heteroatoms. The topological polar surface area (TPSA) is 30.5 Å². The molecule has 3 nitrogen and oxygen atoms in total. The van der Waals surface area contributed by atoms with Crippen molar-refractivity contribution in [2.24, 2.45) is 11.8 Å². The first-order valence-electron chi connectivity index (χ1n) is 11.6. The quantitative estimate of drug-likeness (QED) is 0.409. The molecule has 164 valence electrons. The van der Waals surface area contributed by atoms with Gasteiger partial charge in [-0.15, -0.1) is 0 Å². The summed E-state index contributed by atoms with van der Waals surface area (Å²) in [7, 11) is 0. The lowest BCUT2D eigenvalue weighted by atomic mass is 9.77. The van der Waals surface area contributed by atoms with Crippen molar-refractivity contribution in [1.29, 1.82) is 0 Å². The Kier molecular flexibility index (Phi) is 5.89. The van der Waals surface area contributed by atoms with Gasteiger partial charge >= 0.3 is 0 Å². The number of fused-ring (bicyclic) bond motifs is 3. The summed E-state index contributed by atoms with van der Waals surface area (Å²) in [6.07, 6.45) is 5.80. The third-order valence-electron chi connectivity index (χ3n) is 6.42. The molecule has 1 N–H and O–H groups in total. The van der Waals surface area contributed by atoms with Gasteiger partial charge in [-0.3, -0.25) is 0 Å².